The summed E-state index contributed by atoms with van der Waals surface area (Å²) in [6, 6.07) is 8.27. The van der Waals surface area contributed by atoms with E-state index in [1.165, 1.54) is 24.0 Å². The van der Waals surface area contributed by atoms with Crippen molar-refractivity contribution >= 4 is 11.9 Å². The van der Waals surface area contributed by atoms with Crippen molar-refractivity contribution in [2.75, 3.05) is 7.05 Å². The van der Waals surface area contributed by atoms with Gasteiger partial charge in [-0.2, -0.15) is 5.26 Å². The van der Waals surface area contributed by atoms with Gasteiger partial charge in [0.1, 0.15) is 16.9 Å². The molecule has 0 spiro atoms. The van der Waals surface area contributed by atoms with Gasteiger partial charge in [0.2, 0.25) is 0 Å². The first kappa shape index (κ1) is 17.8. The Kier molecular flexibility index (Phi) is 5.45. The van der Waals surface area contributed by atoms with Crippen LogP contribution in [0.15, 0.2) is 24.3 Å². The molecule has 1 aromatic rings. The van der Waals surface area contributed by atoms with Gasteiger partial charge in [0.25, 0.3) is 5.91 Å². The normalized spacial score (nSPS) is 17.4. The average Bonchev–Trinajstić information content (AvgIpc) is 2.61. The van der Waals surface area contributed by atoms with Crippen LogP contribution in [-0.4, -0.2) is 40.6 Å². The molecule has 1 aliphatic rings. The van der Waals surface area contributed by atoms with Crippen LogP contribution in [0.1, 0.15) is 49.4 Å². The lowest BCUT2D eigenvalue weighted by molar-refractivity contribution is -0.143. The Morgan fingerprint density at radius 3 is 2.50 bits per heavy atom. The van der Waals surface area contributed by atoms with Crippen LogP contribution < -0.4 is 0 Å². The number of likely N-dealkylation sites (N-methyl/N-ethyl adjacent to an activating group) is 1. The van der Waals surface area contributed by atoms with Crippen LogP contribution in [0.4, 0.5) is 0 Å². The minimum Gasteiger partial charge on any atom is -0.507 e. The fraction of sp³-hybridized carbons (Fsp3) is 0.500. The Balaban J connectivity index is 2.07. The summed E-state index contributed by atoms with van der Waals surface area (Å²) in [5.41, 5.74) is -0.822. The number of nitrogens with zero attached hydrogens (tertiary/aromatic N) is 2. The van der Waals surface area contributed by atoms with Crippen molar-refractivity contribution in [3.05, 3.63) is 29.8 Å². The van der Waals surface area contributed by atoms with Crippen molar-refractivity contribution in [3.8, 4) is 11.8 Å². The van der Waals surface area contributed by atoms with Crippen LogP contribution >= 0.6 is 0 Å². The molecular formula is C18H22N2O4. The van der Waals surface area contributed by atoms with Crippen LogP contribution in [0, 0.1) is 11.3 Å². The molecule has 1 aromatic carbocycles. The Morgan fingerprint density at radius 1 is 1.29 bits per heavy atom. The molecule has 0 aliphatic heterocycles. The topological polar surface area (TPSA) is 90.6 Å². The molecule has 0 heterocycles. The molecule has 1 saturated carbocycles. The first-order chi connectivity index (χ1) is 11.4. The largest absolute Gasteiger partial charge is 0.507 e. The summed E-state index contributed by atoms with van der Waals surface area (Å²) in [6.45, 7) is 1.48. The highest BCUT2D eigenvalue weighted by molar-refractivity contribution is 5.94. The van der Waals surface area contributed by atoms with E-state index in [4.69, 9.17) is 4.74 Å². The third-order valence-corrected chi connectivity index (χ3v) is 4.62. The second-order valence-corrected chi connectivity index (χ2v) is 6.17. The lowest BCUT2D eigenvalue weighted by Gasteiger charge is -2.39. The molecule has 1 fully saturated rings. The van der Waals surface area contributed by atoms with Gasteiger partial charge in [-0.25, -0.2) is 4.79 Å². The summed E-state index contributed by atoms with van der Waals surface area (Å²) in [6.07, 6.45) is 3.09. The summed E-state index contributed by atoms with van der Waals surface area (Å²) in [5.74, 6) is -1.38. The molecular weight excluding hydrogens is 308 g/mol. The number of amides is 1. The number of benzene rings is 1. The molecule has 0 radical (unpaired) electrons. The third-order valence-electron chi connectivity index (χ3n) is 4.62. The zero-order chi connectivity index (χ0) is 17.7. The first-order valence-electron chi connectivity index (χ1n) is 8.09. The zero-order valence-electron chi connectivity index (χ0n) is 14.0. The van der Waals surface area contributed by atoms with E-state index in [1.54, 1.807) is 19.2 Å². The van der Waals surface area contributed by atoms with Crippen molar-refractivity contribution in [1.82, 2.24) is 4.90 Å². The summed E-state index contributed by atoms with van der Waals surface area (Å²) in [4.78, 5) is 26.1. The van der Waals surface area contributed by atoms with Gasteiger partial charge in [-0.1, -0.05) is 31.4 Å². The molecule has 0 unspecified atom stereocenters. The molecule has 0 bridgehead atoms. The number of para-hydroxylation sites is 1. The molecule has 128 valence electrons. The number of rotatable bonds is 4. The highest BCUT2D eigenvalue weighted by atomic mass is 16.5. The van der Waals surface area contributed by atoms with E-state index in [-0.39, 0.29) is 11.3 Å². The molecule has 1 N–H and O–H groups in total. The number of esters is 1. The lowest BCUT2D eigenvalue weighted by Crippen LogP contribution is -2.53. The van der Waals surface area contributed by atoms with Gasteiger partial charge in [-0.3, -0.25) is 4.79 Å². The fourth-order valence-corrected chi connectivity index (χ4v) is 3.06. The summed E-state index contributed by atoms with van der Waals surface area (Å²) >= 11 is 0. The number of phenolic OH excluding ortho intramolecular Hbond substituents is 1. The van der Waals surface area contributed by atoms with Gasteiger partial charge < -0.3 is 14.7 Å². The minimum absolute atomic E-state index is 0.00691. The van der Waals surface area contributed by atoms with Crippen molar-refractivity contribution < 1.29 is 19.4 Å². The van der Waals surface area contributed by atoms with E-state index in [9.17, 15) is 20.0 Å². The van der Waals surface area contributed by atoms with E-state index in [1.807, 2.05) is 0 Å². The molecule has 0 saturated heterocycles. The summed E-state index contributed by atoms with van der Waals surface area (Å²) < 4.78 is 5.18. The number of carbonyl (C=O) groups excluding carboxylic acids is 2. The van der Waals surface area contributed by atoms with Gasteiger partial charge in [-0.15, -0.1) is 0 Å². The lowest BCUT2D eigenvalue weighted by atomic mass is 9.81. The van der Waals surface area contributed by atoms with E-state index in [0.717, 1.165) is 19.3 Å². The highest BCUT2D eigenvalue weighted by Gasteiger charge is 2.40. The number of aromatic hydroxyl groups is 1. The molecule has 6 heteroatoms. The van der Waals surface area contributed by atoms with Crippen molar-refractivity contribution in [3.63, 3.8) is 0 Å². The van der Waals surface area contributed by atoms with Crippen LogP contribution in [-0.2, 0) is 9.53 Å². The quantitative estimate of drug-likeness (QED) is 0.857. The predicted octanol–water partition coefficient (Wildman–Crippen LogP) is 2.62. The number of nitriles is 1. The maximum Gasteiger partial charge on any atom is 0.342 e. The molecule has 1 aliphatic carbocycles. The van der Waals surface area contributed by atoms with Gasteiger partial charge in [0.05, 0.1) is 6.07 Å². The predicted molar refractivity (Wildman–Crippen MR) is 87.2 cm³/mol. The summed E-state index contributed by atoms with van der Waals surface area (Å²) in [7, 11) is 1.58. The van der Waals surface area contributed by atoms with Gasteiger partial charge in [0.15, 0.2) is 6.10 Å². The second-order valence-electron chi connectivity index (χ2n) is 6.17. The highest BCUT2D eigenvalue weighted by Crippen LogP contribution is 2.33. The zero-order valence-corrected chi connectivity index (χ0v) is 14.0. The van der Waals surface area contributed by atoms with Gasteiger partial charge in [-0.05, 0) is 31.9 Å². The van der Waals surface area contributed by atoms with E-state index in [0.29, 0.717) is 12.8 Å². The number of hydrogen-bond donors (Lipinski definition) is 1. The van der Waals surface area contributed by atoms with Crippen molar-refractivity contribution in [1.29, 1.82) is 5.26 Å². The van der Waals surface area contributed by atoms with Gasteiger partial charge in [0, 0.05) is 7.05 Å². The molecule has 0 aromatic heterocycles. The van der Waals surface area contributed by atoms with E-state index >= 15 is 0 Å². The Morgan fingerprint density at radius 2 is 1.92 bits per heavy atom. The molecule has 24 heavy (non-hydrogen) atoms. The Hall–Kier alpha value is -2.55. The monoisotopic (exact) mass is 330 g/mol. The molecule has 1 atom stereocenters. The first-order valence-corrected chi connectivity index (χ1v) is 8.09. The maximum absolute atomic E-state index is 12.6. The standard InChI is InChI=1S/C18H22N2O4/c1-13(24-17(23)14-8-4-5-9-15(14)21)16(22)20(2)18(12-19)10-6-3-7-11-18/h4-5,8-9,13,21H,3,6-7,10-11H2,1-2H3/t13-/m1/s1. The third kappa shape index (κ3) is 3.51. The Bertz CT molecular complexity index is 659. The number of phenols is 1. The SMILES string of the molecule is C[C@@H](OC(=O)c1ccccc1O)C(=O)N(C)C1(C#N)CCCCC1. The fourth-order valence-electron chi connectivity index (χ4n) is 3.06. The van der Waals surface area contributed by atoms with Crippen LogP contribution in [0.3, 0.4) is 0 Å². The number of hydrogen-bond acceptors (Lipinski definition) is 5. The Labute approximate surface area is 141 Å². The van der Waals surface area contributed by atoms with E-state index < -0.39 is 23.5 Å². The maximum atomic E-state index is 12.6. The van der Waals surface area contributed by atoms with Crippen molar-refractivity contribution in [2.45, 2.75) is 50.7 Å². The second kappa shape index (κ2) is 7.35. The minimum atomic E-state index is -1.03. The van der Waals surface area contributed by atoms with Crippen LogP contribution in [0.5, 0.6) is 5.75 Å². The molecule has 6 nitrogen and oxygen atoms in total. The van der Waals surface area contributed by atoms with Crippen LogP contribution in [0.2, 0.25) is 0 Å². The van der Waals surface area contributed by atoms with Crippen molar-refractivity contribution in [2.24, 2.45) is 0 Å². The summed E-state index contributed by atoms with van der Waals surface area (Å²) in [5, 5.41) is 19.2. The number of carbonyl (C=O) groups is 2. The van der Waals surface area contributed by atoms with Gasteiger partial charge >= 0.3 is 5.97 Å². The average molecular weight is 330 g/mol. The molecule has 1 amide bonds. The number of ether oxygens (including phenoxy) is 1. The molecule has 2 rings (SSSR count). The van der Waals surface area contributed by atoms with Crippen LogP contribution in [0.25, 0.3) is 0 Å². The van der Waals surface area contributed by atoms with E-state index in [2.05, 4.69) is 6.07 Å². The smallest absolute Gasteiger partial charge is 0.342 e.